The third kappa shape index (κ3) is 4.53. The molecule has 0 aromatic heterocycles. The second-order valence-corrected chi connectivity index (χ2v) is 15.3. The van der Waals surface area contributed by atoms with Gasteiger partial charge in [0.1, 0.15) is 11.5 Å². The van der Waals surface area contributed by atoms with E-state index in [0.29, 0.717) is 11.5 Å². The maximum absolute atomic E-state index is 11.6. The Balaban J connectivity index is 1.57. The summed E-state index contributed by atoms with van der Waals surface area (Å²) in [6.07, 6.45) is 0. The highest BCUT2D eigenvalue weighted by Gasteiger charge is 2.28. The first-order valence-corrected chi connectivity index (χ1v) is 16.7. The van der Waals surface area contributed by atoms with Gasteiger partial charge in [-0.3, -0.25) is 0 Å². The summed E-state index contributed by atoms with van der Waals surface area (Å²) in [7, 11) is -1.97. The van der Waals surface area contributed by atoms with E-state index in [1.165, 1.54) is 11.1 Å². The van der Waals surface area contributed by atoms with Gasteiger partial charge < -0.3 is 10.2 Å². The minimum atomic E-state index is -0.987. The van der Waals surface area contributed by atoms with E-state index in [9.17, 15) is 10.2 Å². The van der Waals surface area contributed by atoms with E-state index in [4.69, 9.17) is 0 Å². The van der Waals surface area contributed by atoms with Gasteiger partial charge in [0, 0.05) is 26.9 Å². The van der Waals surface area contributed by atoms with Gasteiger partial charge in [0.05, 0.1) is 9.19 Å². The van der Waals surface area contributed by atoms with Crippen molar-refractivity contribution in [3.63, 3.8) is 0 Å². The first-order chi connectivity index (χ1) is 18.2. The van der Waals surface area contributed by atoms with Gasteiger partial charge in [-0.1, -0.05) is 141 Å². The van der Waals surface area contributed by atoms with Gasteiger partial charge in [-0.05, 0) is 21.9 Å². The van der Waals surface area contributed by atoms with Gasteiger partial charge in [-0.15, -0.1) is 0 Å². The molecule has 180 valence electrons. The zero-order valence-corrected chi connectivity index (χ0v) is 22.6. The largest absolute Gasteiger partial charge is 0.507 e. The van der Waals surface area contributed by atoms with Crippen LogP contribution in [-0.2, 0) is 0 Å². The molecule has 0 aliphatic carbocycles. The summed E-state index contributed by atoms with van der Waals surface area (Å²) >= 11 is 0. The fourth-order valence-corrected chi connectivity index (χ4v) is 13.5. The Morgan fingerprint density at radius 2 is 0.865 bits per heavy atom. The Morgan fingerprint density at radius 3 is 1.32 bits per heavy atom. The van der Waals surface area contributed by atoms with Crippen LogP contribution in [0.5, 0.6) is 11.5 Å². The molecule has 6 aromatic carbocycles. The molecule has 0 unspecified atom stereocenters. The summed E-state index contributed by atoms with van der Waals surface area (Å²) in [5, 5.41) is 28.8. The van der Waals surface area contributed by atoms with E-state index in [1.54, 1.807) is 0 Å². The summed E-state index contributed by atoms with van der Waals surface area (Å²) in [5.74, 6) is 0.674. The summed E-state index contributed by atoms with van der Waals surface area (Å²) in [5.41, 5.74) is 2.81. The van der Waals surface area contributed by atoms with Crippen molar-refractivity contribution in [1.82, 2.24) is 0 Å². The van der Waals surface area contributed by atoms with Crippen molar-refractivity contribution >= 4 is 48.8 Å². The van der Waals surface area contributed by atoms with E-state index >= 15 is 0 Å². The third-order valence-electron chi connectivity index (χ3n) is 7.11. The third-order valence-corrected chi connectivity index (χ3v) is 14.9. The maximum Gasteiger partial charge on any atom is 0.130 e. The highest BCUT2D eigenvalue weighted by atomic mass is 31.4. The molecule has 0 fully saturated rings. The van der Waals surface area contributed by atoms with Crippen LogP contribution in [0, 0.1) is 0 Å². The van der Waals surface area contributed by atoms with E-state index in [0.717, 1.165) is 32.2 Å². The lowest BCUT2D eigenvalue weighted by Gasteiger charge is -2.27. The van der Waals surface area contributed by atoms with Crippen LogP contribution in [0.1, 0.15) is 16.7 Å². The molecule has 37 heavy (non-hydrogen) atoms. The summed E-state index contributed by atoms with van der Waals surface area (Å²) in [4.78, 5) is 0. The minimum absolute atomic E-state index is 0.241. The van der Waals surface area contributed by atoms with E-state index in [-0.39, 0.29) is 5.54 Å². The fourth-order valence-electron chi connectivity index (χ4n) is 5.21. The van der Waals surface area contributed by atoms with Crippen LogP contribution in [0.2, 0.25) is 0 Å². The Kier molecular flexibility index (Phi) is 6.49. The van der Waals surface area contributed by atoms with Crippen LogP contribution < -0.4 is 10.6 Å². The normalized spacial score (nSPS) is 11.8. The molecule has 2 N–H and O–H groups in total. The fraction of sp³-hybridized carbons (Fsp3) is 0.0303. The number of benzene rings is 6. The standard InChI is InChI=1S/C33H27O2PSi/c34-31-27-17-9-7-11-23(27)19-21-29(31)36(30-22-20-24-12-8-10-18-28(24)32(30)35)37-33(25-13-3-1-4-14-25)26-15-5-2-6-16-26/h1-22,33-35H,37H2. The summed E-state index contributed by atoms with van der Waals surface area (Å²) < 4.78 is 0. The summed E-state index contributed by atoms with van der Waals surface area (Å²) in [6, 6.07) is 45.7. The molecule has 6 rings (SSSR count). The maximum atomic E-state index is 11.6. The van der Waals surface area contributed by atoms with Crippen molar-refractivity contribution in [2.24, 2.45) is 0 Å². The molecule has 0 amide bonds. The highest BCUT2D eigenvalue weighted by molar-refractivity contribution is 7.97. The Bertz CT molecular complexity index is 1560. The molecule has 6 aromatic rings. The van der Waals surface area contributed by atoms with Crippen molar-refractivity contribution in [1.29, 1.82) is 0 Å². The molecule has 4 heteroatoms. The highest BCUT2D eigenvalue weighted by Crippen LogP contribution is 2.46. The Hall–Kier alpha value is -3.91. The Morgan fingerprint density at radius 1 is 0.459 bits per heavy atom. The second kappa shape index (κ2) is 10.2. The molecule has 0 saturated heterocycles. The van der Waals surface area contributed by atoms with Crippen molar-refractivity contribution in [2.45, 2.75) is 5.54 Å². The minimum Gasteiger partial charge on any atom is -0.507 e. The van der Waals surface area contributed by atoms with Gasteiger partial charge in [-0.2, -0.15) is 0 Å². The number of hydrogen-bond donors (Lipinski definition) is 2. The van der Waals surface area contributed by atoms with Crippen LogP contribution >= 0.6 is 7.47 Å². The van der Waals surface area contributed by atoms with Gasteiger partial charge in [0.15, 0.2) is 0 Å². The van der Waals surface area contributed by atoms with Crippen LogP contribution in [-0.4, -0.2) is 19.4 Å². The molecule has 0 atom stereocenters. The first-order valence-electron chi connectivity index (χ1n) is 12.5. The molecule has 0 spiro atoms. The van der Waals surface area contributed by atoms with Crippen molar-refractivity contribution < 1.29 is 10.2 Å². The number of phenols is 2. The smallest absolute Gasteiger partial charge is 0.130 e. The number of phenolic OH excluding ortho intramolecular Hbond substituents is 2. The number of aromatic hydroxyl groups is 2. The molecule has 0 aliphatic heterocycles. The molecule has 0 radical (unpaired) electrons. The van der Waals surface area contributed by atoms with Gasteiger partial charge in [0.2, 0.25) is 0 Å². The molecule has 2 nitrogen and oxygen atoms in total. The van der Waals surface area contributed by atoms with Crippen LogP contribution in [0.25, 0.3) is 21.5 Å². The zero-order chi connectivity index (χ0) is 25.2. The molecule has 0 bridgehead atoms. The van der Waals surface area contributed by atoms with Gasteiger partial charge in [-0.25, -0.2) is 0 Å². The predicted octanol–water partition coefficient (Wildman–Crippen LogP) is 6.71. The average molecular weight is 515 g/mol. The molecular formula is C33H27O2PSi. The monoisotopic (exact) mass is 514 g/mol. The zero-order valence-electron chi connectivity index (χ0n) is 20.3. The van der Waals surface area contributed by atoms with E-state index < -0.39 is 16.7 Å². The second-order valence-electron chi connectivity index (χ2n) is 9.29. The van der Waals surface area contributed by atoms with Crippen molar-refractivity contribution in [3.8, 4) is 11.5 Å². The lowest BCUT2D eigenvalue weighted by Crippen LogP contribution is -2.22. The van der Waals surface area contributed by atoms with Crippen LogP contribution in [0.3, 0.4) is 0 Å². The number of fused-ring (bicyclic) bond motifs is 2. The first kappa shape index (κ1) is 23.5. The van der Waals surface area contributed by atoms with Crippen molar-refractivity contribution in [3.05, 3.63) is 145 Å². The van der Waals surface area contributed by atoms with E-state index in [2.05, 4.69) is 84.9 Å². The topological polar surface area (TPSA) is 40.5 Å². The lowest BCUT2D eigenvalue weighted by atomic mass is 10.0. The lowest BCUT2D eigenvalue weighted by molar-refractivity contribution is 0.485. The summed E-state index contributed by atoms with van der Waals surface area (Å²) in [6.45, 7) is 0. The molecule has 0 aliphatic rings. The van der Waals surface area contributed by atoms with Crippen LogP contribution in [0.4, 0.5) is 0 Å². The SMILES string of the molecule is Oc1c(P([SiH2]C(c2ccccc2)c2ccccc2)c2ccc3ccccc3c2O)ccc2ccccc12. The van der Waals surface area contributed by atoms with Gasteiger partial charge >= 0.3 is 0 Å². The number of hydrogen-bond acceptors (Lipinski definition) is 2. The number of rotatable bonds is 6. The van der Waals surface area contributed by atoms with E-state index in [1.807, 2.05) is 48.5 Å². The Labute approximate surface area is 220 Å². The molecule has 0 saturated carbocycles. The van der Waals surface area contributed by atoms with Gasteiger partial charge in [0.25, 0.3) is 0 Å². The predicted molar refractivity (Wildman–Crippen MR) is 161 cm³/mol. The van der Waals surface area contributed by atoms with Crippen molar-refractivity contribution in [2.75, 3.05) is 0 Å². The quantitative estimate of drug-likeness (QED) is 0.192. The molecule has 0 heterocycles. The molecular weight excluding hydrogens is 487 g/mol. The van der Waals surface area contributed by atoms with Crippen LogP contribution in [0.15, 0.2) is 133 Å². The average Bonchev–Trinajstić information content (AvgIpc) is 2.96.